The number of carbonyl (C=O) groups excluding carboxylic acids is 1. The maximum absolute atomic E-state index is 12.3. The molecule has 3 aliphatic rings. The molecule has 10 nitrogen and oxygen atoms in total. The Morgan fingerprint density at radius 2 is 2.16 bits per heavy atom. The van der Waals surface area contributed by atoms with E-state index < -0.39 is 36.2 Å². The van der Waals surface area contributed by atoms with E-state index in [4.69, 9.17) is 4.74 Å². The first-order chi connectivity index (χ1) is 11.9. The van der Waals surface area contributed by atoms with Gasteiger partial charge in [0, 0.05) is 11.3 Å². The minimum Gasteiger partial charge on any atom is -0.477 e. The highest BCUT2D eigenvalue weighted by molar-refractivity contribution is 8.01. The third-order valence-electron chi connectivity index (χ3n) is 4.35. The molecule has 0 saturated carbocycles. The van der Waals surface area contributed by atoms with Gasteiger partial charge in [-0.15, -0.1) is 10.2 Å². The molecule has 0 aromatic carbocycles. The van der Waals surface area contributed by atoms with Gasteiger partial charge < -0.3 is 14.9 Å². The van der Waals surface area contributed by atoms with Crippen molar-refractivity contribution in [1.82, 2.24) is 20.0 Å². The molecule has 2 fully saturated rings. The van der Waals surface area contributed by atoms with Crippen LogP contribution in [0.2, 0.25) is 0 Å². The van der Waals surface area contributed by atoms with Crippen molar-refractivity contribution in [3.63, 3.8) is 0 Å². The summed E-state index contributed by atoms with van der Waals surface area (Å²) in [5, 5.41) is 27.4. The number of ether oxygens (including phenoxy) is 1. The maximum Gasteiger partial charge on any atom is 0.409 e. The molecule has 0 aliphatic carbocycles. The molecule has 1 aromatic heterocycles. The molecular formula is C13H12N4O6S2. The summed E-state index contributed by atoms with van der Waals surface area (Å²) in [6, 6.07) is -1.51. The van der Waals surface area contributed by atoms with Crippen molar-refractivity contribution in [2.45, 2.75) is 29.5 Å². The Kier molecular flexibility index (Phi) is 3.70. The van der Waals surface area contributed by atoms with Gasteiger partial charge in [-0.05, 0) is 6.92 Å². The number of carboxylic acids is 1. The van der Waals surface area contributed by atoms with Gasteiger partial charge in [0.25, 0.3) is 5.91 Å². The summed E-state index contributed by atoms with van der Waals surface area (Å²) in [5.41, 5.74) is 0.355. The zero-order chi connectivity index (χ0) is 17.9. The Bertz CT molecular complexity index is 823. The SMILES string of the molecule is Cc1nnc(SCC2=C(C(=O)O)N3C(=O)[C@@H]4[C@H]3C2OCN4C(=O)O)s1. The molecule has 12 heteroatoms. The lowest BCUT2D eigenvalue weighted by atomic mass is 9.89. The number of carbonyl (C=O) groups is 3. The average Bonchev–Trinajstić information content (AvgIpc) is 3.11. The number of aliphatic carboxylic acids is 1. The fourth-order valence-electron chi connectivity index (χ4n) is 3.35. The predicted molar refractivity (Wildman–Crippen MR) is 84.1 cm³/mol. The van der Waals surface area contributed by atoms with E-state index in [-0.39, 0.29) is 18.2 Å². The number of amides is 2. The van der Waals surface area contributed by atoms with Gasteiger partial charge in [0.1, 0.15) is 29.6 Å². The summed E-state index contributed by atoms with van der Waals surface area (Å²) in [7, 11) is 0. The Morgan fingerprint density at radius 3 is 2.76 bits per heavy atom. The summed E-state index contributed by atoms with van der Waals surface area (Å²) in [6.07, 6.45) is -1.88. The highest BCUT2D eigenvalue weighted by Gasteiger charge is 2.65. The van der Waals surface area contributed by atoms with Crippen LogP contribution in [0.25, 0.3) is 0 Å². The lowest BCUT2D eigenvalue weighted by Crippen LogP contribution is -2.75. The molecule has 0 radical (unpaired) electrons. The van der Waals surface area contributed by atoms with Gasteiger partial charge in [-0.2, -0.15) is 0 Å². The van der Waals surface area contributed by atoms with E-state index in [2.05, 4.69) is 10.2 Å². The Morgan fingerprint density at radius 1 is 1.40 bits per heavy atom. The van der Waals surface area contributed by atoms with Crippen LogP contribution in [-0.2, 0) is 14.3 Å². The van der Waals surface area contributed by atoms with Gasteiger partial charge in [0.05, 0.1) is 6.04 Å². The van der Waals surface area contributed by atoms with Crippen molar-refractivity contribution in [1.29, 1.82) is 0 Å². The van der Waals surface area contributed by atoms with Crippen LogP contribution in [0.1, 0.15) is 5.01 Å². The zero-order valence-electron chi connectivity index (χ0n) is 12.8. The number of thioether (sulfide) groups is 1. The normalized spacial score (nSPS) is 27.4. The smallest absolute Gasteiger partial charge is 0.409 e. The second-order valence-electron chi connectivity index (χ2n) is 5.67. The van der Waals surface area contributed by atoms with Crippen LogP contribution in [0, 0.1) is 6.92 Å². The summed E-state index contributed by atoms with van der Waals surface area (Å²) in [5.74, 6) is -1.47. The summed E-state index contributed by atoms with van der Waals surface area (Å²) in [6.45, 7) is 1.55. The molecule has 25 heavy (non-hydrogen) atoms. The van der Waals surface area contributed by atoms with E-state index >= 15 is 0 Å². The number of hydrogen-bond donors (Lipinski definition) is 2. The summed E-state index contributed by atoms with van der Waals surface area (Å²) < 4.78 is 6.29. The number of rotatable bonds is 4. The number of aryl methyl sites for hydroxylation is 1. The van der Waals surface area contributed by atoms with Crippen molar-refractivity contribution in [2.24, 2.45) is 0 Å². The van der Waals surface area contributed by atoms with E-state index in [1.165, 1.54) is 23.1 Å². The number of β-lactam (4-membered cyclic amide) rings is 1. The first-order valence-corrected chi connectivity index (χ1v) is 9.04. The van der Waals surface area contributed by atoms with Crippen LogP contribution in [-0.4, -0.2) is 78.9 Å². The van der Waals surface area contributed by atoms with Crippen LogP contribution < -0.4 is 0 Å². The minimum absolute atomic E-state index is 0.114. The van der Waals surface area contributed by atoms with Crippen molar-refractivity contribution < 1.29 is 29.3 Å². The highest BCUT2D eigenvalue weighted by Crippen LogP contribution is 2.46. The molecule has 2 amide bonds. The number of nitrogens with zero attached hydrogens (tertiary/aromatic N) is 4. The van der Waals surface area contributed by atoms with E-state index in [9.17, 15) is 24.6 Å². The summed E-state index contributed by atoms with van der Waals surface area (Å²) in [4.78, 5) is 37.4. The van der Waals surface area contributed by atoms with E-state index in [0.717, 1.165) is 14.8 Å². The molecule has 2 N–H and O–H groups in total. The Labute approximate surface area is 149 Å². The first-order valence-electron chi connectivity index (χ1n) is 7.23. The molecule has 3 aliphatic heterocycles. The first kappa shape index (κ1) is 16.3. The quantitative estimate of drug-likeness (QED) is 0.552. The zero-order valence-corrected chi connectivity index (χ0v) is 14.4. The lowest BCUT2D eigenvalue weighted by Gasteiger charge is -2.51. The lowest BCUT2D eigenvalue weighted by molar-refractivity contribution is -0.182. The van der Waals surface area contributed by atoms with Crippen LogP contribution in [0.4, 0.5) is 4.79 Å². The van der Waals surface area contributed by atoms with Crippen molar-refractivity contribution >= 4 is 41.1 Å². The van der Waals surface area contributed by atoms with Gasteiger partial charge in [0.2, 0.25) is 0 Å². The molecule has 0 spiro atoms. The van der Waals surface area contributed by atoms with Gasteiger partial charge in [0.15, 0.2) is 4.34 Å². The predicted octanol–water partition coefficient (Wildman–Crippen LogP) is 0.207. The highest BCUT2D eigenvalue weighted by atomic mass is 32.2. The van der Waals surface area contributed by atoms with Gasteiger partial charge in [-0.3, -0.25) is 14.6 Å². The number of carboxylic acid groups (broad SMARTS) is 2. The summed E-state index contributed by atoms with van der Waals surface area (Å²) >= 11 is 2.71. The largest absolute Gasteiger partial charge is 0.477 e. The molecule has 132 valence electrons. The van der Waals surface area contributed by atoms with Crippen LogP contribution in [0.15, 0.2) is 15.6 Å². The second-order valence-corrected chi connectivity index (χ2v) is 8.07. The second kappa shape index (κ2) is 5.68. The van der Waals surface area contributed by atoms with Crippen molar-refractivity contribution in [2.75, 3.05) is 12.5 Å². The molecule has 4 rings (SSSR count). The molecular weight excluding hydrogens is 372 g/mol. The minimum atomic E-state index is -1.26. The maximum atomic E-state index is 12.3. The fourth-order valence-corrected chi connectivity index (χ4v) is 5.22. The third-order valence-corrected chi connectivity index (χ3v) is 6.37. The van der Waals surface area contributed by atoms with Crippen LogP contribution in [0.5, 0.6) is 0 Å². The average molecular weight is 384 g/mol. The monoisotopic (exact) mass is 384 g/mol. The third kappa shape index (κ3) is 2.32. The molecule has 3 atom stereocenters. The molecule has 1 aromatic rings. The Balaban J connectivity index is 1.63. The molecule has 0 bridgehead atoms. The van der Waals surface area contributed by atoms with Gasteiger partial charge in [-0.1, -0.05) is 23.1 Å². The standard InChI is InChI=1S/C13H12N4O6S2/c1-4-14-15-12(25-4)24-2-5-6(11(19)20)17-7-8(10(17)18)16(13(21)22)3-23-9(5)7/h7-9H,2-3H2,1H3,(H,19,20)(H,21,22)/t7-,8-,9?/m0/s1. The molecule has 4 heterocycles. The molecule has 1 unspecified atom stereocenters. The fraction of sp³-hybridized carbons (Fsp3) is 0.462. The van der Waals surface area contributed by atoms with Crippen LogP contribution >= 0.6 is 23.1 Å². The van der Waals surface area contributed by atoms with Gasteiger partial charge in [-0.25, -0.2) is 9.59 Å². The topological polar surface area (TPSA) is 133 Å². The van der Waals surface area contributed by atoms with Crippen molar-refractivity contribution in [3.8, 4) is 0 Å². The number of hydrogen-bond acceptors (Lipinski definition) is 8. The van der Waals surface area contributed by atoms with E-state index in [1.807, 2.05) is 6.92 Å². The Hall–Kier alpha value is -2.18. The van der Waals surface area contributed by atoms with E-state index in [1.54, 1.807) is 0 Å². The van der Waals surface area contributed by atoms with Crippen LogP contribution in [0.3, 0.4) is 0 Å². The number of aromatic nitrogens is 2. The van der Waals surface area contributed by atoms with Crippen molar-refractivity contribution in [3.05, 3.63) is 16.3 Å². The van der Waals surface area contributed by atoms with E-state index in [0.29, 0.717) is 9.91 Å². The van der Waals surface area contributed by atoms with Gasteiger partial charge >= 0.3 is 12.1 Å². The molecule has 2 saturated heterocycles.